The molecular formula is C17H14FNO2. The molecule has 0 aromatic heterocycles. The second kappa shape index (κ2) is 3.62. The van der Waals surface area contributed by atoms with Crippen molar-refractivity contribution in [1.82, 2.24) is 0 Å². The normalized spacial score (nSPS) is 42.2. The molecular weight excluding hydrogens is 269 g/mol. The fourth-order valence-electron chi connectivity index (χ4n) is 4.83. The second-order valence-corrected chi connectivity index (χ2v) is 6.62. The maximum Gasteiger partial charge on any atom is 0.238 e. The van der Waals surface area contributed by atoms with E-state index in [1.54, 1.807) is 12.1 Å². The Morgan fingerprint density at radius 2 is 1.52 bits per heavy atom. The van der Waals surface area contributed by atoms with Gasteiger partial charge in [-0.25, -0.2) is 9.29 Å². The fraction of sp³-hybridized carbons (Fsp3) is 0.412. The summed E-state index contributed by atoms with van der Waals surface area (Å²) in [5.41, 5.74) is 0.106. The van der Waals surface area contributed by atoms with Gasteiger partial charge in [-0.15, -0.1) is 0 Å². The van der Waals surface area contributed by atoms with E-state index in [1.807, 2.05) is 0 Å². The minimum atomic E-state index is -0.511. The number of nitrogens with zero attached hydrogens (tertiary/aromatic N) is 1. The molecule has 1 heterocycles. The maximum absolute atomic E-state index is 14.0. The summed E-state index contributed by atoms with van der Waals surface area (Å²) in [6, 6.07) is 6.03. The lowest BCUT2D eigenvalue weighted by molar-refractivity contribution is -0.124. The Hall–Kier alpha value is -1.97. The fourth-order valence-corrected chi connectivity index (χ4v) is 4.83. The Labute approximate surface area is 121 Å². The van der Waals surface area contributed by atoms with Crippen molar-refractivity contribution in [2.24, 2.45) is 35.5 Å². The highest BCUT2D eigenvalue weighted by atomic mass is 19.1. The topological polar surface area (TPSA) is 37.4 Å². The lowest BCUT2D eigenvalue weighted by atomic mass is 9.63. The highest BCUT2D eigenvalue weighted by Gasteiger charge is 2.67. The van der Waals surface area contributed by atoms with Gasteiger partial charge in [-0.2, -0.15) is 0 Å². The molecule has 2 bridgehead atoms. The van der Waals surface area contributed by atoms with Gasteiger partial charge in [-0.05, 0) is 42.2 Å². The number of allylic oxidation sites excluding steroid dienone is 2. The minimum absolute atomic E-state index is 0.106. The number of imide groups is 1. The maximum atomic E-state index is 14.0. The molecule has 1 aromatic carbocycles. The summed E-state index contributed by atoms with van der Waals surface area (Å²) < 4.78 is 14.0. The Morgan fingerprint density at radius 1 is 0.952 bits per heavy atom. The van der Waals surface area contributed by atoms with Crippen molar-refractivity contribution < 1.29 is 14.0 Å². The van der Waals surface area contributed by atoms with Crippen molar-refractivity contribution in [3.63, 3.8) is 0 Å². The van der Waals surface area contributed by atoms with Gasteiger partial charge in [0, 0.05) is 0 Å². The first-order chi connectivity index (χ1) is 10.2. The number of carbonyl (C=O) groups is 2. The van der Waals surface area contributed by atoms with Gasteiger partial charge in [0.25, 0.3) is 0 Å². The molecule has 0 radical (unpaired) electrons. The first-order valence-corrected chi connectivity index (χ1v) is 7.49. The van der Waals surface area contributed by atoms with Crippen molar-refractivity contribution in [2.75, 3.05) is 4.90 Å². The second-order valence-electron chi connectivity index (χ2n) is 6.62. The van der Waals surface area contributed by atoms with E-state index in [4.69, 9.17) is 0 Å². The van der Waals surface area contributed by atoms with E-state index in [9.17, 15) is 14.0 Å². The van der Waals surface area contributed by atoms with Gasteiger partial charge >= 0.3 is 0 Å². The van der Waals surface area contributed by atoms with E-state index in [0.717, 1.165) is 11.3 Å². The average Bonchev–Trinajstić information content (AvgIpc) is 3.26. The molecule has 6 atom stereocenters. The van der Waals surface area contributed by atoms with Crippen molar-refractivity contribution in [1.29, 1.82) is 0 Å². The van der Waals surface area contributed by atoms with Crippen LogP contribution in [-0.2, 0) is 9.59 Å². The van der Waals surface area contributed by atoms with Crippen LogP contribution >= 0.6 is 0 Å². The van der Waals surface area contributed by atoms with E-state index >= 15 is 0 Å². The number of halogens is 1. The summed E-state index contributed by atoms with van der Waals surface area (Å²) in [6.45, 7) is 0. The highest BCUT2D eigenvalue weighted by molar-refractivity contribution is 6.22. The average molecular weight is 283 g/mol. The predicted octanol–water partition coefficient (Wildman–Crippen LogP) is 2.38. The van der Waals surface area contributed by atoms with E-state index < -0.39 is 5.82 Å². The number of rotatable bonds is 1. The van der Waals surface area contributed by atoms with Gasteiger partial charge in [0.2, 0.25) is 11.8 Å². The molecule has 0 N–H and O–H groups in total. The molecule has 2 amide bonds. The van der Waals surface area contributed by atoms with Crippen molar-refractivity contribution in [3.8, 4) is 0 Å². The summed E-state index contributed by atoms with van der Waals surface area (Å²) in [6.07, 6.45) is 5.38. The molecule has 21 heavy (non-hydrogen) atoms. The first-order valence-electron chi connectivity index (χ1n) is 7.49. The van der Waals surface area contributed by atoms with Crippen LogP contribution in [-0.4, -0.2) is 11.8 Å². The van der Waals surface area contributed by atoms with Crippen LogP contribution in [0, 0.1) is 41.3 Å². The smallest absolute Gasteiger partial charge is 0.238 e. The molecule has 3 nitrogen and oxygen atoms in total. The van der Waals surface area contributed by atoms with Crippen molar-refractivity contribution in [3.05, 3.63) is 42.2 Å². The summed E-state index contributed by atoms with van der Waals surface area (Å²) >= 11 is 0. The SMILES string of the molecule is O=C1[C@H]2[C@@H]3C=C[C@H]([C@H]4C[C@H]34)[C@@H]2C(=O)N1c1ccccc1F. The van der Waals surface area contributed by atoms with Crippen LogP contribution in [0.5, 0.6) is 0 Å². The lowest BCUT2D eigenvalue weighted by Gasteiger charge is -2.37. The summed E-state index contributed by atoms with van der Waals surface area (Å²) in [5, 5.41) is 0. The van der Waals surface area contributed by atoms with Crippen LogP contribution < -0.4 is 4.90 Å². The number of hydrogen-bond donors (Lipinski definition) is 0. The Kier molecular flexibility index (Phi) is 2.01. The van der Waals surface area contributed by atoms with Crippen molar-refractivity contribution >= 4 is 17.5 Å². The summed E-state index contributed by atoms with van der Waals surface area (Å²) in [7, 11) is 0. The molecule has 3 fully saturated rings. The molecule has 2 saturated carbocycles. The number of hydrogen-bond acceptors (Lipinski definition) is 2. The first kappa shape index (κ1) is 11.7. The third kappa shape index (κ3) is 1.29. The lowest BCUT2D eigenvalue weighted by Crippen LogP contribution is -2.40. The van der Waals surface area contributed by atoms with Crippen LogP contribution in [0.25, 0.3) is 0 Å². The van der Waals surface area contributed by atoms with Crippen LogP contribution in [0.2, 0.25) is 0 Å². The zero-order chi connectivity index (χ0) is 14.3. The quantitative estimate of drug-likeness (QED) is 0.586. The van der Waals surface area contributed by atoms with Gasteiger partial charge in [0.1, 0.15) is 5.82 Å². The predicted molar refractivity (Wildman–Crippen MR) is 73.6 cm³/mol. The van der Waals surface area contributed by atoms with Gasteiger partial charge in [-0.1, -0.05) is 24.3 Å². The Balaban J connectivity index is 1.62. The molecule has 0 spiro atoms. The third-order valence-electron chi connectivity index (χ3n) is 5.76. The van der Waals surface area contributed by atoms with Gasteiger partial charge in [-0.3, -0.25) is 9.59 Å². The van der Waals surface area contributed by atoms with Gasteiger partial charge in [0.15, 0.2) is 0 Å². The van der Waals surface area contributed by atoms with Crippen LogP contribution in [0.1, 0.15) is 6.42 Å². The van der Waals surface area contributed by atoms with Crippen molar-refractivity contribution in [2.45, 2.75) is 6.42 Å². The van der Waals surface area contributed by atoms with Crippen LogP contribution in [0.4, 0.5) is 10.1 Å². The standard InChI is InChI=1S/C17H14FNO2/c18-12-3-1-2-4-13(12)19-16(20)14-8-5-6-9(11-7-10(8)11)15(14)17(19)21/h1-6,8-11,14-15H,7H2/t8-,9-,10-,11-,14+,15+/m1/s1. The zero-order valence-electron chi connectivity index (χ0n) is 11.3. The monoisotopic (exact) mass is 283 g/mol. The number of carbonyl (C=O) groups excluding carboxylic acids is 2. The largest absolute Gasteiger partial charge is 0.274 e. The number of anilines is 1. The van der Waals surface area contributed by atoms with Gasteiger partial charge in [0.05, 0.1) is 17.5 Å². The number of benzene rings is 1. The molecule has 5 aliphatic rings. The molecule has 6 rings (SSSR count). The molecule has 1 aromatic rings. The van der Waals surface area contributed by atoms with Crippen LogP contribution in [0.3, 0.4) is 0 Å². The summed E-state index contributed by atoms with van der Waals surface area (Å²) in [5.74, 6) is 0.0308. The number of amides is 2. The summed E-state index contributed by atoms with van der Waals surface area (Å²) in [4.78, 5) is 26.6. The molecule has 4 aliphatic carbocycles. The number of para-hydroxylation sites is 1. The van der Waals surface area contributed by atoms with E-state index in [1.165, 1.54) is 12.1 Å². The molecule has 106 valence electrons. The Bertz CT molecular complexity index is 676. The van der Waals surface area contributed by atoms with E-state index in [-0.39, 0.29) is 41.2 Å². The minimum Gasteiger partial charge on any atom is -0.274 e. The van der Waals surface area contributed by atoms with E-state index in [2.05, 4.69) is 12.2 Å². The van der Waals surface area contributed by atoms with Crippen LogP contribution in [0.15, 0.2) is 36.4 Å². The molecule has 1 saturated heterocycles. The Morgan fingerprint density at radius 3 is 2.10 bits per heavy atom. The highest BCUT2D eigenvalue weighted by Crippen LogP contribution is 2.65. The third-order valence-corrected chi connectivity index (χ3v) is 5.76. The molecule has 4 heteroatoms. The van der Waals surface area contributed by atoms with E-state index in [0.29, 0.717) is 11.8 Å². The molecule has 1 aliphatic heterocycles. The molecule has 0 unspecified atom stereocenters. The zero-order valence-corrected chi connectivity index (χ0v) is 11.3. The van der Waals surface area contributed by atoms with Gasteiger partial charge < -0.3 is 0 Å².